The van der Waals surface area contributed by atoms with E-state index >= 15 is 0 Å². The fraction of sp³-hybridized carbons (Fsp3) is 0.333. The molecule has 0 aliphatic rings. The Bertz CT molecular complexity index is 1210. The molecular weight excluding hydrogens is 466 g/mol. The van der Waals surface area contributed by atoms with Crippen molar-refractivity contribution >= 4 is 29.4 Å². The first-order chi connectivity index (χ1) is 16.9. The highest BCUT2D eigenvalue weighted by molar-refractivity contribution is 7.99. The normalized spacial score (nSPS) is 10.7. The van der Waals surface area contributed by atoms with Crippen molar-refractivity contribution in [3.63, 3.8) is 0 Å². The Morgan fingerprint density at radius 2 is 1.77 bits per heavy atom. The molecule has 35 heavy (non-hydrogen) atoms. The van der Waals surface area contributed by atoms with Gasteiger partial charge < -0.3 is 30.2 Å². The van der Waals surface area contributed by atoms with Gasteiger partial charge in [-0.2, -0.15) is 0 Å². The van der Waals surface area contributed by atoms with Crippen LogP contribution < -0.4 is 26.6 Å². The van der Waals surface area contributed by atoms with Crippen LogP contribution in [0.3, 0.4) is 0 Å². The predicted octanol–water partition coefficient (Wildman–Crippen LogP) is 1.31. The molecule has 5 N–H and O–H groups in total. The van der Waals surface area contributed by atoms with Crippen LogP contribution in [0, 0.1) is 13.8 Å². The summed E-state index contributed by atoms with van der Waals surface area (Å²) >= 11 is 1.42. The largest absolute Gasteiger partial charge is 0.353 e. The molecule has 0 unspecified atom stereocenters. The molecule has 186 valence electrons. The van der Waals surface area contributed by atoms with Crippen molar-refractivity contribution in [3.8, 4) is 0 Å². The van der Waals surface area contributed by atoms with Gasteiger partial charge in [0.05, 0.1) is 24.3 Å². The SMILES string of the molecule is Cc1ncn(CC(=O)NCCN)c1CNC(=O)Cn1c(C)ccc(NSCc2ccccc2)c1=O. The van der Waals surface area contributed by atoms with E-state index < -0.39 is 0 Å². The minimum Gasteiger partial charge on any atom is -0.353 e. The minimum atomic E-state index is -0.316. The summed E-state index contributed by atoms with van der Waals surface area (Å²) in [4.78, 5) is 41.9. The molecule has 0 saturated carbocycles. The minimum absolute atomic E-state index is 0.0823. The molecule has 2 amide bonds. The number of benzene rings is 1. The molecule has 11 heteroatoms. The predicted molar refractivity (Wildman–Crippen MR) is 138 cm³/mol. The van der Waals surface area contributed by atoms with Crippen molar-refractivity contribution in [3.05, 3.63) is 81.8 Å². The molecule has 0 saturated heterocycles. The van der Waals surface area contributed by atoms with Crippen LogP contribution in [0.15, 0.2) is 53.6 Å². The number of carbonyl (C=O) groups is 2. The van der Waals surface area contributed by atoms with E-state index in [4.69, 9.17) is 5.73 Å². The number of pyridine rings is 1. The molecule has 1 aromatic carbocycles. The summed E-state index contributed by atoms with van der Waals surface area (Å²) in [5, 5.41) is 5.54. The van der Waals surface area contributed by atoms with Crippen molar-refractivity contribution in [1.82, 2.24) is 24.8 Å². The van der Waals surface area contributed by atoms with E-state index in [1.165, 1.54) is 16.5 Å². The van der Waals surface area contributed by atoms with Gasteiger partial charge in [-0.15, -0.1) is 0 Å². The highest BCUT2D eigenvalue weighted by atomic mass is 32.2. The molecule has 0 atom stereocenters. The number of aromatic nitrogens is 3. The Hall–Kier alpha value is -3.57. The maximum absolute atomic E-state index is 13.0. The quantitative estimate of drug-likeness (QED) is 0.277. The molecule has 0 bridgehead atoms. The van der Waals surface area contributed by atoms with Crippen molar-refractivity contribution < 1.29 is 9.59 Å². The average molecular weight is 498 g/mol. The molecule has 0 fully saturated rings. The van der Waals surface area contributed by atoms with Crippen LogP contribution in [0.5, 0.6) is 0 Å². The Morgan fingerprint density at radius 3 is 2.51 bits per heavy atom. The van der Waals surface area contributed by atoms with E-state index in [9.17, 15) is 14.4 Å². The Balaban J connectivity index is 1.59. The second-order valence-electron chi connectivity index (χ2n) is 7.98. The molecule has 0 radical (unpaired) electrons. The average Bonchev–Trinajstić information content (AvgIpc) is 3.19. The third-order valence-corrected chi connectivity index (χ3v) is 6.19. The number of rotatable bonds is 12. The van der Waals surface area contributed by atoms with E-state index in [0.29, 0.717) is 35.9 Å². The second kappa shape index (κ2) is 12.8. The summed E-state index contributed by atoms with van der Waals surface area (Å²) in [6, 6.07) is 13.5. The van der Waals surface area contributed by atoms with E-state index in [1.54, 1.807) is 30.0 Å². The van der Waals surface area contributed by atoms with E-state index in [0.717, 1.165) is 11.3 Å². The Morgan fingerprint density at radius 1 is 1.03 bits per heavy atom. The van der Waals surface area contributed by atoms with Crippen LogP contribution in [0.2, 0.25) is 0 Å². The van der Waals surface area contributed by atoms with Gasteiger partial charge in [-0.25, -0.2) is 4.98 Å². The molecule has 0 spiro atoms. The summed E-state index contributed by atoms with van der Waals surface area (Å²) in [5.74, 6) is 0.201. The molecular formula is C24H31N7O3S. The maximum atomic E-state index is 13.0. The third-order valence-electron chi connectivity index (χ3n) is 5.35. The van der Waals surface area contributed by atoms with Gasteiger partial charge in [0.2, 0.25) is 11.8 Å². The highest BCUT2D eigenvalue weighted by Gasteiger charge is 2.14. The number of anilines is 1. The highest BCUT2D eigenvalue weighted by Crippen LogP contribution is 2.14. The molecule has 0 aliphatic carbocycles. The van der Waals surface area contributed by atoms with Gasteiger partial charge in [0.25, 0.3) is 5.56 Å². The lowest BCUT2D eigenvalue weighted by molar-refractivity contribution is -0.122. The maximum Gasteiger partial charge on any atom is 0.275 e. The molecule has 0 aliphatic heterocycles. The second-order valence-corrected chi connectivity index (χ2v) is 8.76. The van der Waals surface area contributed by atoms with E-state index in [2.05, 4.69) is 20.3 Å². The van der Waals surface area contributed by atoms with Crippen LogP contribution in [-0.4, -0.2) is 39.0 Å². The van der Waals surface area contributed by atoms with Crippen molar-refractivity contribution in [2.45, 2.75) is 39.2 Å². The first kappa shape index (κ1) is 26.0. The number of nitrogens with one attached hydrogen (secondary N) is 3. The van der Waals surface area contributed by atoms with Gasteiger partial charge in [-0.1, -0.05) is 30.3 Å². The number of imidazole rings is 1. The summed E-state index contributed by atoms with van der Waals surface area (Å²) in [6.45, 7) is 4.51. The van der Waals surface area contributed by atoms with Crippen LogP contribution in [0.25, 0.3) is 0 Å². The number of hydrogen-bond donors (Lipinski definition) is 4. The molecule has 2 heterocycles. The fourth-order valence-electron chi connectivity index (χ4n) is 3.39. The first-order valence-electron chi connectivity index (χ1n) is 11.2. The smallest absolute Gasteiger partial charge is 0.275 e. The lowest BCUT2D eigenvalue weighted by Gasteiger charge is -2.14. The fourth-order valence-corrected chi connectivity index (χ4v) is 4.14. The van der Waals surface area contributed by atoms with Gasteiger partial charge in [0.1, 0.15) is 18.8 Å². The number of aryl methyl sites for hydroxylation is 2. The van der Waals surface area contributed by atoms with E-state index in [-0.39, 0.29) is 37.0 Å². The number of nitrogens with zero attached hydrogens (tertiary/aromatic N) is 3. The Kier molecular flexibility index (Phi) is 9.50. The van der Waals surface area contributed by atoms with Gasteiger partial charge in [-0.05, 0) is 43.5 Å². The number of nitrogens with two attached hydrogens (primary N) is 1. The summed E-state index contributed by atoms with van der Waals surface area (Å²) in [7, 11) is 0. The van der Waals surface area contributed by atoms with Crippen LogP contribution >= 0.6 is 11.9 Å². The topological polar surface area (TPSA) is 136 Å². The zero-order valence-corrected chi connectivity index (χ0v) is 20.7. The zero-order chi connectivity index (χ0) is 25.2. The summed E-state index contributed by atoms with van der Waals surface area (Å²) < 4.78 is 6.22. The standard InChI is InChI=1S/C24H31N7O3S/c1-17-8-9-20(29-35-15-19-6-4-3-5-7-19)24(34)31(17)14-23(33)27-12-21-18(2)28-16-30(21)13-22(32)26-11-10-25/h3-9,16,29H,10-15,25H2,1-2H3,(H,26,32)(H,27,33). The molecule has 10 nitrogen and oxygen atoms in total. The molecule has 2 aromatic heterocycles. The van der Waals surface area contributed by atoms with Crippen molar-refractivity contribution in [2.24, 2.45) is 5.73 Å². The van der Waals surface area contributed by atoms with Crippen molar-refractivity contribution in [1.29, 1.82) is 0 Å². The van der Waals surface area contributed by atoms with Gasteiger partial charge >= 0.3 is 0 Å². The first-order valence-corrected chi connectivity index (χ1v) is 12.2. The number of amides is 2. The summed E-state index contributed by atoms with van der Waals surface area (Å²) in [5.41, 5.74) is 8.83. The molecule has 3 rings (SSSR count). The van der Waals surface area contributed by atoms with Gasteiger partial charge in [-0.3, -0.25) is 14.4 Å². The van der Waals surface area contributed by atoms with E-state index in [1.807, 2.05) is 37.3 Å². The molecule has 3 aromatic rings. The monoisotopic (exact) mass is 497 g/mol. The van der Waals surface area contributed by atoms with Crippen LogP contribution in [-0.2, 0) is 35.0 Å². The van der Waals surface area contributed by atoms with Crippen molar-refractivity contribution in [2.75, 3.05) is 17.8 Å². The number of carbonyl (C=O) groups excluding carboxylic acids is 2. The lowest BCUT2D eigenvalue weighted by Crippen LogP contribution is -2.35. The van der Waals surface area contributed by atoms with Crippen LogP contribution in [0.4, 0.5) is 5.69 Å². The Labute approximate surface area is 208 Å². The zero-order valence-electron chi connectivity index (χ0n) is 19.9. The van der Waals surface area contributed by atoms with Gasteiger partial charge in [0.15, 0.2) is 0 Å². The number of hydrogen-bond acceptors (Lipinski definition) is 7. The van der Waals surface area contributed by atoms with Gasteiger partial charge in [0, 0.05) is 24.5 Å². The lowest BCUT2D eigenvalue weighted by atomic mass is 10.2. The van der Waals surface area contributed by atoms with Crippen LogP contribution in [0.1, 0.15) is 22.6 Å². The summed E-state index contributed by atoms with van der Waals surface area (Å²) in [6.07, 6.45) is 1.57. The third kappa shape index (κ3) is 7.46.